The van der Waals surface area contributed by atoms with E-state index in [0.29, 0.717) is 17.7 Å². The summed E-state index contributed by atoms with van der Waals surface area (Å²) in [5, 5.41) is 9.62. The van der Waals surface area contributed by atoms with Gasteiger partial charge in [-0.3, -0.25) is 4.79 Å². The van der Waals surface area contributed by atoms with Gasteiger partial charge < -0.3 is 10.6 Å². The second kappa shape index (κ2) is 8.50. The Morgan fingerprint density at radius 1 is 1.22 bits per heavy atom. The van der Waals surface area contributed by atoms with E-state index in [1.807, 2.05) is 38.1 Å². The fourth-order valence-corrected chi connectivity index (χ4v) is 4.15. The average molecular weight is 463 g/mol. The second-order valence-corrected chi connectivity index (χ2v) is 8.20. The molecule has 32 heavy (non-hydrogen) atoms. The third-order valence-corrected chi connectivity index (χ3v) is 5.99. The SMILES string of the molecule is CCc1ccccc1NC(=O)c1nn2c(c1Cl)NC(c1ccc(C)cc1)CC2C(F)(F)F. The van der Waals surface area contributed by atoms with Crippen LogP contribution in [0.25, 0.3) is 0 Å². The van der Waals surface area contributed by atoms with Gasteiger partial charge in [0.2, 0.25) is 0 Å². The van der Waals surface area contributed by atoms with Crippen molar-refractivity contribution < 1.29 is 18.0 Å². The first-order valence-electron chi connectivity index (χ1n) is 10.3. The van der Waals surface area contributed by atoms with Crippen LogP contribution in [0.1, 0.15) is 52.6 Å². The molecule has 0 fully saturated rings. The lowest BCUT2D eigenvalue weighted by Crippen LogP contribution is -2.35. The molecule has 3 aromatic rings. The fraction of sp³-hybridized carbons (Fsp3) is 0.304. The van der Waals surface area contributed by atoms with Crippen LogP contribution < -0.4 is 10.6 Å². The molecule has 1 amide bonds. The molecule has 2 N–H and O–H groups in total. The number of hydrogen-bond donors (Lipinski definition) is 2. The lowest BCUT2D eigenvalue weighted by Gasteiger charge is -2.33. The fourth-order valence-electron chi connectivity index (χ4n) is 3.88. The monoisotopic (exact) mass is 462 g/mol. The maximum atomic E-state index is 13.9. The first-order chi connectivity index (χ1) is 15.2. The number of benzene rings is 2. The van der Waals surface area contributed by atoms with Gasteiger partial charge in [0, 0.05) is 12.1 Å². The number of alkyl halides is 3. The smallest absolute Gasteiger partial charge is 0.362 e. The number of hydrogen-bond acceptors (Lipinski definition) is 3. The van der Waals surface area contributed by atoms with Crippen LogP contribution in [-0.2, 0) is 6.42 Å². The zero-order valence-electron chi connectivity index (χ0n) is 17.5. The zero-order valence-corrected chi connectivity index (χ0v) is 18.3. The Labute approximate surface area is 188 Å². The topological polar surface area (TPSA) is 59.0 Å². The molecule has 0 saturated heterocycles. The van der Waals surface area contributed by atoms with Gasteiger partial charge in [-0.25, -0.2) is 4.68 Å². The summed E-state index contributed by atoms with van der Waals surface area (Å²) in [7, 11) is 0. The molecule has 0 spiro atoms. The third kappa shape index (κ3) is 4.19. The van der Waals surface area contributed by atoms with Gasteiger partial charge in [0.15, 0.2) is 11.7 Å². The van der Waals surface area contributed by atoms with Crippen molar-refractivity contribution in [1.82, 2.24) is 9.78 Å². The van der Waals surface area contributed by atoms with Crippen molar-refractivity contribution in [3.05, 3.63) is 75.9 Å². The molecule has 2 unspecified atom stereocenters. The van der Waals surface area contributed by atoms with Crippen LogP contribution in [-0.4, -0.2) is 21.9 Å². The minimum absolute atomic E-state index is 0.0141. The van der Waals surface area contributed by atoms with Crippen molar-refractivity contribution in [1.29, 1.82) is 0 Å². The molecule has 9 heteroatoms. The largest absolute Gasteiger partial charge is 0.410 e. The van der Waals surface area contributed by atoms with Gasteiger partial charge >= 0.3 is 6.18 Å². The molecular weight excluding hydrogens is 441 g/mol. The van der Waals surface area contributed by atoms with Crippen LogP contribution in [0.3, 0.4) is 0 Å². The number of aryl methyl sites for hydroxylation is 2. The summed E-state index contributed by atoms with van der Waals surface area (Å²) in [6, 6.07) is 11.9. The minimum Gasteiger partial charge on any atom is -0.362 e. The predicted octanol–water partition coefficient (Wildman–Crippen LogP) is 6.32. The number of nitrogens with one attached hydrogen (secondary N) is 2. The summed E-state index contributed by atoms with van der Waals surface area (Å²) >= 11 is 6.40. The van der Waals surface area contributed by atoms with Crippen molar-refractivity contribution in [2.45, 2.75) is 44.9 Å². The van der Waals surface area contributed by atoms with Crippen molar-refractivity contribution in [2.75, 3.05) is 10.6 Å². The summed E-state index contributed by atoms with van der Waals surface area (Å²) in [5.41, 5.74) is 2.92. The van der Waals surface area contributed by atoms with Crippen molar-refractivity contribution in [2.24, 2.45) is 0 Å². The first kappa shape index (κ1) is 22.2. The normalized spacial score (nSPS) is 18.1. The number of rotatable bonds is 4. The summed E-state index contributed by atoms with van der Waals surface area (Å²) in [4.78, 5) is 12.9. The maximum Gasteiger partial charge on any atom is 0.410 e. The zero-order chi connectivity index (χ0) is 23.0. The molecule has 1 aliphatic rings. The number of anilines is 2. The quantitative estimate of drug-likeness (QED) is 0.477. The lowest BCUT2D eigenvalue weighted by atomic mass is 9.96. The van der Waals surface area contributed by atoms with Gasteiger partial charge in [0.05, 0.1) is 6.04 Å². The van der Waals surface area contributed by atoms with E-state index in [1.165, 1.54) is 0 Å². The summed E-state index contributed by atoms with van der Waals surface area (Å²) < 4.78 is 42.6. The Balaban J connectivity index is 1.70. The Bertz CT molecular complexity index is 1140. The standard InChI is InChI=1S/C23H22ClF3N4O/c1-3-14-6-4-5-7-16(14)29-22(32)20-19(24)21-28-17(15-10-8-13(2)9-11-15)12-18(23(25,26)27)31(21)30-20/h4-11,17-18,28H,3,12H2,1-2H3,(H,29,32). The van der Waals surface area contributed by atoms with Crippen LogP contribution in [0.15, 0.2) is 48.5 Å². The molecular formula is C23H22ClF3N4O. The number of fused-ring (bicyclic) bond motifs is 1. The van der Waals surface area contributed by atoms with E-state index in [-0.39, 0.29) is 23.0 Å². The van der Waals surface area contributed by atoms with Gasteiger partial charge in [-0.05, 0) is 30.5 Å². The number of amides is 1. The molecule has 1 aliphatic heterocycles. The highest BCUT2D eigenvalue weighted by Gasteiger charge is 2.47. The van der Waals surface area contributed by atoms with Crippen LogP contribution in [0, 0.1) is 6.92 Å². The van der Waals surface area contributed by atoms with E-state index < -0.39 is 24.2 Å². The Kier molecular flexibility index (Phi) is 5.90. The molecule has 0 aliphatic carbocycles. The number of aromatic nitrogens is 2. The van der Waals surface area contributed by atoms with Crippen molar-refractivity contribution in [3.63, 3.8) is 0 Å². The molecule has 1 aromatic heterocycles. The molecule has 5 nitrogen and oxygen atoms in total. The number of halogens is 4. The van der Waals surface area contributed by atoms with Gasteiger partial charge in [-0.2, -0.15) is 18.3 Å². The highest BCUT2D eigenvalue weighted by atomic mass is 35.5. The molecule has 4 rings (SSSR count). The highest BCUT2D eigenvalue weighted by molar-refractivity contribution is 6.36. The van der Waals surface area contributed by atoms with Crippen LogP contribution in [0.4, 0.5) is 24.7 Å². The van der Waals surface area contributed by atoms with Gasteiger partial charge in [0.25, 0.3) is 5.91 Å². The number of carbonyl (C=O) groups is 1. The van der Waals surface area contributed by atoms with Crippen LogP contribution >= 0.6 is 11.6 Å². The van der Waals surface area contributed by atoms with Gasteiger partial charge in [-0.15, -0.1) is 0 Å². The minimum atomic E-state index is -4.56. The van der Waals surface area contributed by atoms with E-state index in [0.717, 1.165) is 15.8 Å². The van der Waals surface area contributed by atoms with Crippen molar-refractivity contribution in [3.8, 4) is 0 Å². The van der Waals surface area contributed by atoms with Gasteiger partial charge in [-0.1, -0.05) is 66.6 Å². The number of nitrogens with zero attached hydrogens (tertiary/aromatic N) is 2. The Morgan fingerprint density at radius 2 is 1.91 bits per heavy atom. The molecule has 0 radical (unpaired) electrons. The number of carbonyl (C=O) groups excluding carboxylic acids is 1. The summed E-state index contributed by atoms with van der Waals surface area (Å²) in [6.07, 6.45) is -4.14. The maximum absolute atomic E-state index is 13.9. The van der Waals surface area contributed by atoms with E-state index in [9.17, 15) is 18.0 Å². The van der Waals surface area contributed by atoms with Crippen LogP contribution in [0.2, 0.25) is 5.02 Å². The Hall–Kier alpha value is -3.00. The molecule has 0 bridgehead atoms. The second-order valence-electron chi connectivity index (χ2n) is 7.82. The number of para-hydroxylation sites is 1. The molecule has 2 heterocycles. The molecule has 168 valence electrons. The van der Waals surface area contributed by atoms with Gasteiger partial charge in [0.1, 0.15) is 10.8 Å². The third-order valence-electron chi connectivity index (χ3n) is 5.64. The van der Waals surface area contributed by atoms with E-state index in [1.54, 1.807) is 24.3 Å². The van der Waals surface area contributed by atoms with E-state index >= 15 is 0 Å². The lowest BCUT2D eigenvalue weighted by molar-refractivity contribution is -0.173. The Morgan fingerprint density at radius 3 is 2.56 bits per heavy atom. The summed E-state index contributed by atoms with van der Waals surface area (Å²) in [5.74, 6) is -0.674. The molecule has 2 atom stereocenters. The average Bonchev–Trinajstić information content (AvgIpc) is 3.10. The van der Waals surface area contributed by atoms with Crippen LogP contribution in [0.5, 0.6) is 0 Å². The molecule has 0 saturated carbocycles. The summed E-state index contributed by atoms with van der Waals surface area (Å²) in [6.45, 7) is 3.85. The van der Waals surface area contributed by atoms with E-state index in [2.05, 4.69) is 15.7 Å². The highest BCUT2D eigenvalue weighted by Crippen LogP contribution is 2.46. The van der Waals surface area contributed by atoms with Crippen molar-refractivity contribution >= 4 is 29.0 Å². The van der Waals surface area contributed by atoms with E-state index in [4.69, 9.17) is 11.6 Å². The molecule has 2 aromatic carbocycles. The predicted molar refractivity (Wildman–Crippen MR) is 118 cm³/mol. The first-order valence-corrected chi connectivity index (χ1v) is 10.6.